The molecule has 0 bridgehead atoms. The van der Waals surface area contributed by atoms with Crippen molar-refractivity contribution in [3.05, 3.63) is 0 Å². The third kappa shape index (κ3) is 6.19. The molecule has 0 aromatic heterocycles. The highest BCUT2D eigenvalue weighted by Crippen LogP contribution is 2.34. The van der Waals surface area contributed by atoms with Crippen LogP contribution in [0.3, 0.4) is 0 Å². The van der Waals surface area contributed by atoms with Crippen molar-refractivity contribution in [3.63, 3.8) is 0 Å². The molecule has 2 heteroatoms. The Hall–Kier alpha value is -0.0800. The van der Waals surface area contributed by atoms with Gasteiger partial charge in [-0.3, -0.25) is 0 Å². The molecule has 1 saturated heterocycles. The molecule has 18 heavy (non-hydrogen) atoms. The van der Waals surface area contributed by atoms with Gasteiger partial charge in [-0.1, -0.05) is 20.8 Å². The van der Waals surface area contributed by atoms with Gasteiger partial charge in [-0.2, -0.15) is 0 Å². The topological polar surface area (TPSA) is 15.3 Å². The normalized spacial score (nSPS) is 24.0. The Kier molecular flexibility index (Phi) is 5.67. The number of nitrogens with zero attached hydrogens (tertiary/aromatic N) is 1. The molecular formula is C16H34N2. The molecule has 108 valence electrons. The Labute approximate surface area is 115 Å². The van der Waals surface area contributed by atoms with Crippen LogP contribution in [0.4, 0.5) is 0 Å². The van der Waals surface area contributed by atoms with E-state index in [4.69, 9.17) is 0 Å². The molecule has 0 radical (unpaired) electrons. The summed E-state index contributed by atoms with van der Waals surface area (Å²) < 4.78 is 0. The molecule has 0 saturated carbocycles. The smallest absolute Gasteiger partial charge is 0.0107 e. The van der Waals surface area contributed by atoms with E-state index in [2.05, 4.69) is 51.8 Å². The van der Waals surface area contributed by atoms with Gasteiger partial charge in [0.05, 0.1) is 0 Å². The van der Waals surface area contributed by atoms with Crippen LogP contribution in [0.2, 0.25) is 0 Å². The molecule has 0 aliphatic carbocycles. The summed E-state index contributed by atoms with van der Waals surface area (Å²) in [5, 5.41) is 3.59. The molecule has 1 heterocycles. The summed E-state index contributed by atoms with van der Waals surface area (Å²) in [6, 6.07) is 0. The second-order valence-electron chi connectivity index (χ2n) is 8.01. The first-order valence-electron chi connectivity index (χ1n) is 7.66. The summed E-state index contributed by atoms with van der Waals surface area (Å²) in [4.78, 5) is 2.64. The van der Waals surface area contributed by atoms with Crippen molar-refractivity contribution in [2.75, 3.05) is 26.2 Å². The molecule has 1 atom stereocenters. The highest BCUT2D eigenvalue weighted by atomic mass is 15.1. The van der Waals surface area contributed by atoms with Crippen LogP contribution in [0.25, 0.3) is 0 Å². The van der Waals surface area contributed by atoms with Crippen molar-refractivity contribution in [2.45, 2.75) is 66.3 Å². The van der Waals surface area contributed by atoms with Gasteiger partial charge in [0, 0.05) is 18.6 Å². The predicted molar refractivity (Wildman–Crippen MR) is 81.0 cm³/mol. The molecule has 0 spiro atoms. The number of likely N-dealkylation sites (tertiary alicyclic amines) is 1. The highest BCUT2D eigenvalue weighted by molar-refractivity contribution is 4.79. The first-order chi connectivity index (χ1) is 8.18. The maximum absolute atomic E-state index is 3.59. The third-order valence-electron chi connectivity index (χ3n) is 4.13. The minimum absolute atomic E-state index is 0.250. The van der Waals surface area contributed by atoms with Gasteiger partial charge in [-0.05, 0) is 64.5 Å². The average Bonchev–Trinajstić information content (AvgIpc) is 2.40. The summed E-state index contributed by atoms with van der Waals surface area (Å²) in [6.07, 6.45) is 4.16. The Bertz CT molecular complexity index is 234. The maximum Gasteiger partial charge on any atom is 0.0107 e. The molecule has 2 nitrogen and oxygen atoms in total. The van der Waals surface area contributed by atoms with E-state index in [1.54, 1.807) is 0 Å². The number of nitrogens with one attached hydrogen (secondary N) is 1. The Morgan fingerprint density at radius 2 is 1.67 bits per heavy atom. The molecule has 1 fully saturated rings. The maximum atomic E-state index is 3.59. The van der Waals surface area contributed by atoms with E-state index in [0.29, 0.717) is 5.41 Å². The van der Waals surface area contributed by atoms with Crippen LogP contribution in [-0.4, -0.2) is 36.6 Å². The summed E-state index contributed by atoms with van der Waals surface area (Å²) in [6.45, 7) is 18.8. The lowest BCUT2D eigenvalue weighted by molar-refractivity contribution is 0.207. The van der Waals surface area contributed by atoms with Gasteiger partial charge in [-0.25, -0.2) is 0 Å². The van der Waals surface area contributed by atoms with E-state index in [9.17, 15) is 0 Å². The molecule has 0 aromatic carbocycles. The van der Waals surface area contributed by atoms with E-state index in [1.807, 2.05) is 0 Å². The van der Waals surface area contributed by atoms with Crippen molar-refractivity contribution < 1.29 is 0 Å². The molecular weight excluding hydrogens is 220 g/mol. The van der Waals surface area contributed by atoms with E-state index >= 15 is 0 Å². The zero-order valence-electron chi connectivity index (χ0n) is 13.5. The minimum Gasteiger partial charge on any atom is -0.311 e. The van der Waals surface area contributed by atoms with Crippen LogP contribution < -0.4 is 5.32 Å². The van der Waals surface area contributed by atoms with Gasteiger partial charge >= 0.3 is 0 Å². The fourth-order valence-corrected chi connectivity index (χ4v) is 2.83. The number of rotatable bonds is 3. The zero-order chi connectivity index (χ0) is 13.8. The van der Waals surface area contributed by atoms with Crippen LogP contribution in [0, 0.1) is 11.3 Å². The highest BCUT2D eigenvalue weighted by Gasteiger charge is 2.26. The van der Waals surface area contributed by atoms with Crippen molar-refractivity contribution >= 4 is 0 Å². The zero-order valence-corrected chi connectivity index (χ0v) is 13.5. The lowest BCUT2D eigenvalue weighted by Gasteiger charge is -2.30. The number of hydrogen-bond donors (Lipinski definition) is 1. The van der Waals surface area contributed by atoms with Crippen LogP contribution in [0.1, 0.15) is 60.8 Å². The molecule has 1 N–H and O–H groups in total. The van der Waals surface area contributed by atoms with Crippen molar-refractivity contribution in [1.82, 2.24) is 10.2 Å². The van der Waals surface area contributed by atoms with Crippen LogP contribution >= 0.6 is 0 Å². The van der Waals surface area contributed by atoms with Gasteiger partial charge in [0.25, 0.3) is 0 Å². The average molecular weight is 254 g/mol. The second kappa shape index (κ2) is 6.38. The molecule has 1 rings (SSSR count). The van der Waals surface area contributed by atoms with Crippen molar-refractivity contribution in [3.8, 4) is 0 Å². The first kappa shape index (κ1) is 16.0. The van der Waals surface area contributed by atoms with Gasteiger partial charge in [-0.15, -0.1) is 0 Å². The quantitative estimate of drug-likeness (QED) is 0.829. The van der Waals surface area contributed by atoms with Crippen LogP contribution in [0.5, 0.6) is 0 Å². The van der Waals surface area contributed by atoms with Gasteiger partial charge in [0.15, 0.2) is 0 Å². The van der Waals surface area contributed by atoms with Crippen molar-refractivity contribution in [1.29, 1.82) is 0 Å². The third-order valence-corrected chi connectivity index (χ3v) is 4.13. The molecule has 0 aromatic rings. The second-order valence-corrected chi connectivity index (χ2v) is 8.01. The van der Waals surface area contributed by atoms with E-state index < -0.39 is 0 Å². The van der Waals surface area contributed by atoms with Gasteiger partial charge in [0.1, 0.15) is 0 Å². The van der Waals surface area contributed by atoms with Gasteiger partial charge < -0.3 is 10.2 Å². The van der Waals surface area contributed by atoms with E-state index in [0.717, 1.165) is 12.5 Å². The van der Waals surface area contributed by atoms with Crippen molar-refractivity contribution in [2.24, 2.45) is 11.3 Å². The minimum atomic E-state index is 0.250. The lowest BCUT2D eigenvalue weighted by atomic mass is 9.77. The fraction of sp³-hybridized carbons (Fsp3) is 1.00. The fourth-order valence-electron chi connectivity index (χ4n) is 2.83. The summed E-state index contributed by atoms with van der Waals surface area (Å²) in [7, 11) is 0. The van der Waals surface area contributed by atoms with Crippen LogP contribution in [0.15, 0.2) is 0 Å². The SMILES string of the molecule is CC(C)(C)NCCN1CCCC(C(C)(C)C)CC1. The van der Waals surface area contributed by atoms with E-state index in [1.165, 1.54) is 38.9 Å². The Morgan fingerprint density at radius 1 is 1.00 bits per heavy atom. The first-order valence-corrected chi connectivity index (χ1v) is 7.66. The number of hydrogen-bond acceptors (Lipinski definition) is 2. The molecule has 1 unspecified atom stereocenters. The van der Waals surface area contributed by atoms with Gasteiger partial charge in [0.2, 0.25) is 0 Å². The molecule has 1 aliphatic heterocycles. The molecule has 0 amide bonds. The Balaban J connectivity index is 2.30. The largest absolute Gasteiger partial charge is 0.311 e. The van der Waals surface area contributed by atoms with E-state index in [-0.39, 0.29) is 5.54 Å². The molecule has 1 aliphatic rings. The summed E-state index contributed by atoms with van der Waals surface area (Å²) in [5.41, 5.74) is 0.736. The summed E-state index contributed by atoms with van der Waals surface area (Å²) >= 11 is 0. The monoisotopic (exact) mass is 254 g/mol. The standard InChI is InChI=1S/C16H34N2/c1-15(2,3)14-8-7-11-18(12-9-14)13-10-17-16(4,5)6/h14,17H,7-13H2,1-6H3. The predicted octanol–water partition coefficient (Wildman–Crippen LogP) is 3.52. The van der Waals surface area contributed by atoms with Crippen LogP contribution in [-0.2, 0) is 0 Å². The lowest BCUT2D eigenvalue weighted by Crippen LogP contribution is -2.41. The Morgan fingerprint density at radius 3 is 2.22 bits per heavy atom. The summed E-state index contributed by atoms with van der Waals surface area (Å²) in [5.74, 6) is 0.901.